The van der Waals surface area contributed by atoms with Crippen LogP contribution in [0.5, 0.6) is 23.0 Å². The number of carbonyl (C=O) groups excluding carboxylic acids is 8. The Labute approximate surface area is 840 Å². The molecule has 4 fully saturated rings. The maximum absolute atomic E-state index is 13.3. The van der Waals surface area contributed by atoms with Crippen molar-refractivity contribution in [3.05, 3.63) is 379 Å². The number of anilines is 4. The Balaban J connectivity index is 0.000000169. The lowest BCUT2D eigenvalue weighted by Crippen LogP contribution is -2.30. The van der Waals surface area contributed by atoms with Crippen LogP contribution in [0.3, 0.4) is 0 Å². The van der Waals surface area contributed by atoms with Gasteiger partial charge in [0.2, 0.25) is 0 Å². The number of aromatic nitrogens is 4. The number of nitrogens with zero attached hydrogens (tertiary/aromatic N) is 8. The first-order chi connectivity index (χ1) is 68.2. The van der Waals surface area contributed by atoms with E-state index >= 15 is 0 Å². The molecule has 26 heteroatoms. The van der Waals surface area contributed by atoms with E-state index in [1.54, 1.807) is 170 Å². The minimum Gasteiger partial charge on any atom is -0.507 e. The number of aliphatic hydroxyl groups is 4. The molecular weight excluding hydrogens is 1820 g/mol. The molecule has 16 rings (SSSR count). The van der Waals surface area contributed by atoms with Gasteiger partial charge in [-0.15, -0.1) is 0 Å². The highest BCUT2D eigenvalue weighted by molar-refractivity contribution is 6.54. The van der Waals surface area contributed by atoms with E-state index < -0.39 is 76.9 Å². The van der Waals surface area contributed by atoms with Gasteiger partial charge in [0.05, 0.1) is 72.9 Å². The van der Waals surface area contributed by atoms with Gasteiger partial charge in [0.15, 0.2) is 0 Å². The van der Waals surface area contributed by atoms with Crippen molar-refractivity contribution in [2.45, 2.75) is 191 Å². The van der Waals surface area contributed by atoms with E-state index in [0.717, 1.165) is 51.4 Å². The van der Waals surface area contributed by atoms with Gasteiger partial charge in [0.25, 0.3) is 29.1 Å². The van der Waals surface area contributed by atoms with E-state index in [1.807, 2.05) is 152 Å². The maximum atomic E-state index is 13.3. The second-order valence-electron chi connectivity index (χ2n) is 39.1. The fourth-order valence-electron chi connectivity index (χ4n) is 17.4. The molecule has 744 valence electrons. The van der Waals surface area contributed by atoms with Gasteiger partial charge in [-0.05, 0) is 265 Å². The highest BCUT2D eigenvalue weighted by Crippen LogP contribution is 2.49. The number of hydrogen-bond donors (Lipinski definition) is 5. The molecule has 4 aliphatic heterocycles. The first-order valence-electron chi connectivity index (χ1n) is 47.7. The summed E-state index contributed by atoms with van der Waals surface area (Å²) >= 11 is 0. The van der Waals surface area contributed by atoms with Crippen molar-refractivity contribution in [2.24, 2.45) is 0 Å². The number of carboxylic acid groups (broad SMARTS) is 1. The van der Waals surface area contributed by atoms with Crippen LogP contribution in [0.25, 0.3) is 23.0 Å². The average molecular weight is 1940 g/mol. The molecule has 4 aliphatic rings. The molecule has 26 nitrogen and oxygen atoms in total. The van der Waals surface area contributed by atoms with Gasteiger partial charge in [0, 0.05) is 54.0 Å². The lowest BCUT2D eigenvalue weighted by Gasteiger charge is -2.26. The topological polar surface area (TPSA) is 356 Å². The Kier molecular flexibility index (Phi) is 33.4. The van der Waals surface area contributed by atoms with E-state index in [0.29, 0.717) is 117 Å². The molecule has 0 aliphatic carbocycles. The van der Waals surface area contributed by atoms with Crippen molar-refractivity contribution in [1.29, 1.82) is 0 Å². The summed E-state index contributed by atoms with van der Waals surface area (Å²) in [5.41, 5.74) is 12.1. The lowest BCUT2D eigenvalue weighted by atomic mass is 9.85. The summed E-state index contributed by atoms with van der Waals surface area (Å²) in [4.78, 5) is 138. The Morgan fingerprint density at radius 2 is 0.451 bits per heavy atom. The molecule has 5 N–H and O–H groups in total. The van der Waals surface area contributed by atoms with Crippen LogP contribution < -0.4 is 38.5 Å². The number of aliphatic carboxylic acids is 1. The van der Waals surface area contributed by atoms with Crippen molar-refractivity contribution < 1.29 is 87.6 Å². The Hall–Kier alpha value is -16.3. The summed E-state index contributed by atoms with van der Waals surface area (Å²) in [6.45, 7) is 43.5. The van der Waals surface area contributed by atoms with Gasteiger partial charge in [-0.2, -0.15) is 0 Å². The lowest BCUT2D eigenvalue weighted by molar-refractivity contribution is -0.134. The number of carbonyl (C=O) groups is 9. The second kappa shape index (κ2) is 45.1. The van der Waals surface area contributed by atoms with Crippen molar-refractivity contribution in [3.8, 4) is 23.0 Å². The van der Waals surface area contributed by atoms with Crippen molar-refractivity contribution in [1.82, 2.24) is 19.9 Å². The number of hydrogen-bond acceptors (Lipinski definition) is 21. The van der Waals surface area contributed by atoms with E-state index in [2.05, 4.69) is 103 Å². The Morgan fingerprint density at radius 1 is 0.278 bits per heavy atom. The number of Topliss-reactive ketones (excluding diaryl/α,β-unsaturated/α-hetero) is 4. The number of carboxylic acids is 1. The smallest absolute Gasteiger partial charge is 0.301 e. The summed E-state index contributed by atoms with van der Waals surface area (Å²) in [6.07, 6.45) is 6.30. The van der Waals surface area contributed by atoms with E-state index in [4.69, 9.17) is 28.8 Å². The standard InChI is InChI=1S/4C29H30N2O4.C2H4O2/c4*1-6-35-21-14-15-22(18(2)17-21)26(32)24-25(19-10-12-20(13-11-19)29(3,4)5)31(28(34)27(24)33)23-9-7-8-16-30-23;1-2(3)4/h4*7-17,25,32H,6H2,1-5H3;1H3,(H,3,4). The van der Waals surface area contributed by atoms with Gasteiger partial charge < -0.3 is 44.5 Å². The Bertz CT molecular complexity index is 6090. The van der Waals surface area contributed by atoms with Crippen LogP contribution in [-0.4, -0.2) is 125 Å². The summed E-state index contributed by atoms with van der Waals surface area (Å²) in [6, 6.07) is 69.8. The predicted octanol–water partition coefficient (Wildman–Crippen LogP) is 22.9. The quantitative estimate of drug-likeness (QED) is 0.0269. The minimum atomic E-state index is -0.833. The average Bonchev–Trinajstić information content (AvgIpc) is 1.61. The summed E-state index contributed by atoms with van der Waals surface area (Å²) in [7, 11) is 0. The largest absolute Gasteiger partial charge is 0.507 e. The monoisotopic (exact) mass is 1940 g/mol. The third-order valence-electron chi connectivity index (χ3n) is 24.8. The van der Waals surface area contributed by atoms with Crippen LogP contribution >= 0.6 is 0 Å². The van der Waals surface area contributed by atoms with Crippen molar-refractivity contribution in [2.75, 3.05) is 46.0 Å². The zero-order valence-electron chi connectivity index (χ0n) is 85.2. The summed E-state index contributed by atoms with van der Waals surface area (Å²) < 4.78 is 22.2. The molecule has 4 unspecified atom stereocenters. The molecule has 0 bridgehead atoms. The minimum absolute atomic E-state index is 0.0384. The van der Waals surface area contributed by atoms with Crippen LogP contribution in [0.4, 0.5) is 23.3 Å². The van der Waals surface area contributed by atoms with Crippen molar-refractivity contribution in [3.63, 3.8) is 0 Å². The molecule has 0 saturated carbocycles. The van der Waals surface area contributed by atoms with Gasteiger partial charge in [0.1, 0.15) is 69.3 Å². The number of benzene rings is 8. The fraction of sp³-hybridized carbons (Fsp3) is 0.280. The maximum Gasteiger partial charge on any atom is 0.301 e. The van der Waals surface area contributed by atoms with E-state index in [1.165, 1.54) is 19.6 Å². The molecule has 4 saturated heterocycles. The molecular formula is C118H124N8O18. The molecule has 4 amide bonds. The first kappa shape index (κ1) is 107. The number of amides is 4. The molecule has 8 heterocycles. The third kappa shape index (κ3) is 23.6. The molecule has 4 aromatic heterocycles. The number of ketones is 4. The van der Waals surface area contributed by atoms with Crippen LogP contribution in [0.1, 0.15) is 231 Å². The predicted molar refractivity (Wildman–Crippen MR) is 559 cm³/mol. The number of ether oxygens (including phenoxy) is 4. The van der Waals surface area contributed by atoms with Crippen LogP contribution in [0.2, 0.25) is 0 Å². The third-order valence-corrected chi connectivity index (χ3v) is 24.8. The Morgan fingerprint density at radius 3 is 0.590 bits per heavy atom. The highest BCUT2D eigenvalue weighted by Gasteiger charge is 2.52. The SMILES string of the molecule is CC(=O)O.CCOc1ccc(C(O)=C2C(=O)C(=O)N(c3ccccn3)C2c2ccc(C(C)(C)C)cc2)c(C)c1.CCOc1ccc(C(O)=C2C(=O)C(=O)N(c3ccccn3)C2c2ccc(C(C)(C)C)cc2)c(C)c1.CCOc1ccc(C(O)=C2C(=O)C(=O)N(c3ccccn3)C2c2ccc(C(C)(C)C)cc2)c(C)c1.CCOc1ccc(C(O)=C2C(=O)C(=O)N(c3ccccn3)C2c2ccc(C(C)(C)C)cc2)c(C)c1. The van der Waals surface area contributed by atoms with E-state index in [9.17, 15) is 58.8 Å². The van der Waals surface area contributed by atoms with Gasteiger partial charge in [-0.3, -0.25) is 62.8 Å². The van der Waals surface area contributed by atoms with Crippen molar-refractivity contribution >= 4 is 99.0 Å². The van der Waals surface area contributed by atoms with Crippen LogP contribution in [-0.2, 0) is 64.8 Å². The number of aryl methyl sites for hydroxylation is 4. The molecule has 4 atom stereocenters. The molecule has 8 aromatic carbocycles. The van der Waals surface area contributed by atoms with Gasteiger partial charge in [-0.1, -0.05) is 204 Å². The summed E-state index contributed by atoms with van der Waals surface area (Å²) in [5.74, 6) is -3.48. The molecule has 144 heavy (non-hydrogen) atoms. The zero-order chi connectivity index (χ0) is 105. The zero-order valence-corrected chi connectivity index (χ0v) is 85.2. The van der Waals surface area contributed by atoms with Crippen LogP contribution in [0.15, 0.2) is 290 Å². The van der Waals surface area contributed by atoms with Gasteiger partial charge >= 0.3 is 23.6 Å². The fourth-order valence-corrected chi connectivity index (χ4v) is 17.4. The normalized spacial score (nSPS) is 17.3. The molecule has 12 aromatic rings. The van der Waals surface area contributed by atoms with Crippen LogP contribution in [0, 0.1) is 27.7 Å². The first-order valence-corrected chi connectivity index (χ1v) is 47.7. The second-order valence-corrected chi connectivity index (χ2v) is 39.1. The number of aliphatic hydroxyl groups excluding tert-OH is 4. The summed E-state index contributed by atoms with van der Waals surface area (Å²) in [5, 5.41) is 53.1. The number of pyridine rings is 4. The number of rotatable bonds is 20. The van der Waals surface area contributed by atoms with E-state index in [-0.39, 0.29) is 67.0 Å². The highest BCUT2D eigenvalue weighted by atomic mass is 16.5. The molecule has 0 spiro atoms. The van der Waals surface area contributed by atoms with Gasteiger partial charge in [-0.25, -0.2) is 19.9 Å². The molecule has 0 radical (unpaired) electrons.